The highest BCUT2D eigenvalue weighted by Gasteiger charge is 2.45. The molecule has 8 nitrogen and oxygen atoms in total. The molecular weight excluding hydrogens is 293 g/mol. The minimum atomic E-state index is -1.74. The molecule has 4 atom stereocenters. The van der Waals surface area contributed by atoms with Crippen LogP contribution >= 0.6 is 11.6 Å². The Kier molecular flexibility index (Phi) is 3.21. The maximum absolute atomic E-state index is 14.1. The first-order valence-electron chi connectivity index (χ1n) is 5.77. The summed E-state index contributed by atoms with van der Waals surface area (Å²) in [7, 11) is 0. The second kappa shape index (κ2) is 4.77. The van der Waals surface area contributed by atoms with Crippen molar-refractivity contribution in [1.82, 2.24) is 19.5 Å². The number of alkyl halides is 1. The van der Waals surface area contributed by atoms with Gasteiger partial charge in [0.2, 0.25) is 5.95 Å². The zero-order chi connectivity index (χ0) is 14.4. The normalized spacial score (nSPS) is 30.2. The van der Waals surface area contributed by atoms with Gasteiger partial charge in [0.05, 0.1) is 12.9 Å². The first kappa shape index (κ1) is 13.4. The van der Waals surface area contributed by atoms with Crippen molar-refractivity contribution in [2.24, 2.45) is 0 Å². The van der Waals surface area contributed by atoms with E-state index in [1.165, 1.54) is 10.9 Å². The van der Waals surface area contributed by atoms with E-state index in [9.17, 15) is 9.50 Å². The van der Waals surface area contributed by atoms with Crippen LogP contribution in [0.1, 0.15) is 6.23 Å². The third-order valence-corrected chi connectivity index (χ3v) is 3.41. The molecule has 1 aliphatic heterocycles. The lowest BCUT2D eigenvalue weighted by Gasteiger charge is -2.15. The molecule has 3 heterocycles. The molecular formula is C10H11ClFN5O3. The van der Waals surface area contributed by atoms with Crippen LogP contribution in [0.15, 0.2) is 6.33 Å². The average molecular weight is 304 g/mol. The van der Waals surface area contributed by atoms with Gasteiger partial charge in [0.15, 0.2) is 23.2 Å². The second-order valence-corrected chi connectivity index (χ2v) is 4.74. The van der Waals surface area contributed by atoms with Gasteiger partial charge >= 0.3 is 0 Å². The molecule has 0 saturated carbocycles. The highest BCUT2D eigenvalue weighted by atomic mass is 35.5. The standard InChI is InChI=1S/C10H11ClFN5O3/c11-7-5-8(16-10(13)15-7)17(2-14-5)9-4(12)6(19)3(1-18)20-9/h2-4,6,9,18-19H,1H2,(H2,13,15,16). The molecule has 0 aliphatic carbocycles. The first-order valence-corrected chi connectivity index (χ1v) is 6.14. The van der Waals surface area contributed by atoms with Crippen molar-refractivity contribution in [3.63, 3.8) is 0 Å². The van der Waals surface area contributed by atoms with E-state index in [0.29, 0.717) is 0 Å². The zero-order valence-electron chi connectivity index (χ0n) is 10.0. The summed E-state index contributed by atoms with van der Waals surface area (Å²) in [6.45, 7) is -0.497. The number of fused-ring (bicyclic) bond motifs is 1. The number of aliphatic hydroxyl groups excluding tert-OH is 2. The van der Waals surface area contributed by atoms with Gasteiger partial charge in [0.25, 0.3) is 0 Å². The quantitative estimate of drug-likeness (QED) is 0.649. The Bertz CT molecular complexity index is 653. The Morgan fingerprint density at radius 1 is 1.50 bits per heavy atom. The molecule has 3 rings (SSSR count). The average Bonchev–Trinajstić information content (AvgIpc) is 2.93. The van der Waals surface area contributed by atoms with E-state index in [2.05, 4.69) is 15.0 Å². The molecule has 2 aromatic rings. The third kappa shape index (κ3) is 1.90. The van der Waals surface area contributed by atoms with Crippen LogP contribution in [-0.4, -0.2) is 54.7 Å². The van der Waals surface area contributed by atoms with Crippen LogP contribution in [0.25, 0.3) is 11.2 Å². The number of ether oxygens (including phenoxy) is 1. The smallest absolute Gasteiger partial charge is 0.223 e. The molecule has 1 aliphatic rings. The van der Waals surface area contributed by atoms with Gasteiger partial charge in [0, 0.05) is 0 Å². The number of halogens is 2. The van der Waals surface area contributed by atoms with Gasteiger partial charge in [-0.15, -0.1) is 0 Å². The molecule has 4 N–H and O–H groups in total. The number of anilines is 1. The fraction of sp³-hybridized carbons (Fsp3) is 0.500. The monoisotopic (exact) mass is 303 g/mol. The lowest BCUT2D eigenvalue weighted by molar-refractivity contribution is -0.0459. The fourth-order valence-corrected chi connectivity index (χ4v) is 2.38. The Morgan fingerprint density at radius 2 is 2.25 bits per heavy atom. The minimum Gasteiger partial charge on any atom is -0.394 e. The van der Waals surface area contributed by atoms with E-state index in [1.54, 1.807) is 0 Å². The predicted octanol–water partition coefficient (Wildman–Crippen LogP) is -0.349. The molecule has 4 unspecified atom stereocenters. The van der Waals surface area contributed by atoms with Crippen molar-refractivity contribution in [2.75, 3.05) is 12.3 Å². The molecule has 0 spiro atoms. The maximum atomic E-state index is 14.1. The third-order valence-electron chi connectivity index (χ3n) is 3.14. The van der Waals surface area contributed by atoms with Gasteiger partial charge in [-0.25, -0.2) is 9.37 Å². The zero-order valence-corrected chi connectivity index (χ0v) is 10.8. The van der Waals surface area contributed by atoms with Gasteiger partial charge in [-0.2, -0.15) is 9.97 Å². The summed E-state index contributed by atoms with van der Waals surface area (Å²) < 4.78 is 20.6. The number of hydrogen-bond acceptors (Lipinski definition) is 7. The lowest BCUT2D eigenvalue weighted by Crippen LogP contribution is -2.30. The molecule has 0 amide bonds. The van der Waals surface area contributed by atoms with Crippen molar-refractivity contribution in [2.45, 2.75) is 24.6 Å². The van der Waals surface area contributed by atoms with Crippen molar-refractivity contribution in [1.29, 1.82) is 0 Å². The summed E-state index contributed by atoms with van der Waals surface area (Å²) in [5.74, 6) is -0.0862. The van der Waals surface area contributed by atoms with E-state index in [1.807, 2.05) is 0 Å². The molecule has 2 aromatic heterocycles. The minimum absolute atomic E-state index is 0.0407. The summed E-state index contributed by atoms with van der Waals surface area (Å²) in [5.41, 5.74) is 5.94. The lowest BCUT2D eigenvalue weighted by atomic mass is 10.1. The van der Waals surface area contributed by atoms with Crippen LogP contribution in [0.4, 0.5) is 10.3 Å². The first-order chi connectivity index (χ1) is 9.52. The van der Waals surface area contributed by atoms with Gasteiger partial charge < -0.3 is 20.7 Å². The number of hydrogen-bond donors (Lipinski definition) is 3. The Balaban J connectivity index is 2.07. The van der Waals surface area contributed by atoms with E-state index in [4.69, 9.17) is 27.2 Å². The Morgan fingerprint density at radius 3 is 2.90 bits per heavy atom. The SMILES string of the molecule is Nc1nc(Cl)c2ncn(C3OC(CO)C(O)C3F)c2n1. The van der Waals surface area contributed by atoms with Crippen molar-refractivity contribution in [3.05, 3.63) is 11.5 Å². The molecule has 10 heteroatoms. The number of rotatable bonds is 2. The van der Waals surface area contributed by atoms with Crippen molar-refractivity contribution in [3.8, 4) is 0 Å². The van der Waals surface area contributed by atoms with E-state index >= 15 is 0 Å². The van der Waals surface area contributed by atoms with Gasteiger partial charge in [-0.3, -0.25) is 4.57 Å². The summed E-state index contributed by atoms with van der Waals surface area (Å²) in [6, 6.07) is 0. The molecule has 0 radical (unpaired) electrons. The number of aromatic nitrogens is 4. The molecule has 0 aromatic carbocycles. The Labute approximate surface area is 117 Å². The molecule has 0 bridgehead atoms. The van der Waals surface area contributed by atoms with Crippen LogP contribution in [-0.2, 0) is 4.74 Å². The van der Waals surface area contributed by atoms with E-state index in [-0.39, 0.29) is 22.3 Å². The number of nitrogens with zero attached hydrogens (tertiary/aromatic N) is 4. The van der Waals surface area contributed by atoms with Crippen LogP contribution in [0.3, 0.4) is 0 Å². The second-order valence-electron chi connectivity index (χ2n) is 4.38. The summed E-state index contributed by atoms with van der Waals surface area (Å²) in [5, 5.41) is 18.7. The molecule has 108 valence electrons. The fourth-order valence-electron chi connectivity index (χ4n) is 2.16. The van der Waals surface area contributed by atoms with E-state index in [0.717, 1.165) is 0 Å². The van der Waals surface area contributed by atoms with Gasteiger partial charge in [0.1, 0.15) is 17.7 Å². The largest absolute Gasteiger partial charge is 0.394 e. The van der Waals surface area contributed by atoms with E-state index < -0.39 is 31.2 Å². The number of imidazole rings is 1. The Hall–Kier alpha value is -1.55. The molecule has 1 fully saturated rings. The van der Waals surface area contributed by atoms with Gasteiger partial charge in [-0.05, 0) is 0 Å². The van der Waals surface area contributed by atoms with Crippen LogP contribution in [0.5, 0.6) is 0 Å². The topological polar surface area (TPSA) is 119 Å². The van der Waals surface area contributed by atoms with Crippen LogP contribution in [0, 0.1) is 0 Å². The molecule has 1 saturated heterocycles. The number of aliphatic hydroxyl groups is 2. The van der Waals surface area contributed by atoms with Gasteiger partial charge in [-0.1, -0.05) is 11.6 Å². The highest BCUT2D eigenvalue weighted by Crippen LogP contribution is 2.34. The summed E-state index contributed by atoms with van der Waals surface area (Å²) in [6.07, 6.45) is -4.08. The highest BCUT2D eigenvalue weighted by molar-refractivity contribution is 6.33. The van der Waals surface area contributed by atoms with Crippen LogP contribution in [0.2, 0.25) is 5.15 Å². The van der Waals surface area contributed by atoms with Crippen molar-refractivity contribution < 1.29 is 19.3 Å². The predicted molar refractivity (Wildman–Crippen MR) is 66.6 cm³/mol. The van der Waals surface area contributed by atoms with Crippen molar-refractivity contribution >= 4 is 28.7 Å². The number of nitrogen functional groups attached to an aromatic ring is 1. The van der Waals surface area contributed by atoms with Crippen LogP contribution < -0.4 is 5.73 Å². The number of nitrogens with two attached hydrogens (primary N) is 1. The maximum Gasteiger partial charge on any atom is 0.223 e. The summed E-state index contributed by atoms with van der Waals surface area (Å²) in [4.78, 5) is 11.7. The summed E-state index contributed by atoms with van der Waals surface area (Å²) >= 11 is 5.87. The molecule has 20 heavy (non-hydrogen) atoms.